The number of carbonyl (C=O) groups excluding carboxylic acids is 8. The van der Waals surface area contributed by atoms with Crippen molar-refractivity contribution < 1.29 is 47.4 Å². The zero-order valence-electron chi connectivity index (χ0n) is 70.6. The van der Waals surface area contributed by atoms with Crippen LogP contribution in [-0.2, 0) is 41.7 Å². The summed E-state index contributed by atoms with van der Waals surface area (Å²) in [6.45, 7) is 22.5. The molecule has 2 aromatic heterocycles. The Hall–Kier alpha value is -10.0. The van der Waals surface area contributed by atoms with Gasteiger partial charge in [0.1, 0.15) is 16.5 Å². The molecule has 121 heavy (non-hydrogen) atoms. The van der Waals surface area contributed by atoms with E-state index in [1.54, 1.807) is 41.4 Å². The maximum atomic E-state index is 13.8. The standard InChI is InChI=1S/C31H30N6O3S.C31H47N5O3S.C31H38N4O4S.3H2/c38-28(35-14-12-23(13-15-35)36-19-21-8-4-5-9-25(21)33-31(36)40)17-27-29(39)37(30(41-27)20-6-2-1-3-7-20)24-10-11-26-22(16-24)18-32-34-26;1-5-33-19-14-31(15-20-33)36(21-13-30(2,3)4)28(38)26(40-31)22-27(37)34-16-11-24(12-17-34)35-18-10-23-8-6-7-9-25(23)32-29(35)39;1-21(2)13-18-34-29(37)27(40-30(34)23-9-11-25(39-3)12-10-23)19-28(36)33-16-14-24(15-17-33)35-20-26(32-31(35)38)22-7-5-4-6-8-22;;;/h1-11,16,18,23,27,30H,12-15,17,19H2,(H,32,34)(H,33,40);6-9,24,26H,5,10-22H2,1-4H3,(H,32,39);4-12,20-21,24,27,30H,13-19H2,1-3H3,(H,32,38);3*1H. The van der Waals surface area contributed by atoms with Crippen molar-refractivity contribution in [3.63, 3.8) is 0 Å². The summed E-state index contributed by atoms with van der Waals surface area (Å²) in [6.07, 6.45) is 13.3. The molecular formula is C93H121N15O10S3. The molecule has 5 unspecified atom stereocenters. The lowest BCUT2D eigenvalue weighted by molar-refractivity contribution is -0.138. The number of benzene rings is 6. The molecule has 5 atom stereocenters. The van der Waals surface area contributed by atoms with Gasteiger partial charge in [-0.2, -0.15) is 5.10 Å². The molecule has 0 bridgehead atoms. The van der Waals surface area contributed by atoms with Crippen molar-refractivity contribution in [2.75, 3.05) is 101 Å². The number of para-hydroxylation sites is 2. The van der Waals surface area contributed by atoms with E-state index in [-0.39, 0.29) is 121 Å². The van der Waals surface area contributed by atoms with Gasteiger partial charge in [-0.15, -0.1) is 35.3 Å². The van der Waals surface area contributed by atoms with E-state index in [1.165, 1.54) is 17.3 Å². The van der Waals surface area contributed by atoms with Crippen molar-refractivity contribution in [3.05, 3.63) is 197 Å². The number of nitrogens with zero attached hydrogens (tertiary/aromatic N) is 11. The fourth-order valence-electron chi connectivity index (χ4n) is 18.3. The Kier molecular flexibility index (Phi) is 27.1. The van der Waals surface area contributed by atoms with Crippen LogP contribution in [0.4, 0.5) is 26.7 Å². The highest BCUT2D eigenvalue weighted by Crippen LogP contribution is 2.51. The summed E-state index contributed by atoms with van der Waals surface area (Å²) in [5.41, 5.74) is 9.61. The van der Waals surface area contributed by atoms with Crippen LogP contribution in [0.3, 0.4) is 0 Å². The SMILES string of the molecule is CCN1CCC2(CC1)SC(CC(=O)N1CCC(N3CCc4ccccc4NC3=O)CC1)C(=O)N2CCC(C)(C)C.COc1ccc(C2SC(CC(=O)N3CCC(n4cc(-c5ccccc5)[nH]c4=O)CC3)C(=O)N2CCC(C)C)cc1.O=C(CC1SC(c2ccccc2)N(c2ccc3[nH]ncc3c2)C1=O)N1CCC(N2Cc3ccccc3NC2=O)CC1.[HH].[HH].[HH]. The molecule has 9 aliphatic heterocycles. The van der Waals surface area contributed by atoms with Crippen LogP contribution in [0.1, 0.15) is 168 Å². The molecule has 6 aromatic carbocycles. The van der Waals surface area contributed by atoms with E-state index < -0.39 is 10.5 Å². The predicted molar refractivity (Wildman–Crippen MR) is 485 cm³/mol. The first-order chi connectivity index (χ1) is 58.5. The molecule has 9 aliphatic rings. The molecule has 0 radical (unpaired) electrons. The Labute approximate surface area is 726 Å². The van der Waals surface area contributed by atoms with Crippen LogP contribution in [0.2, 0.25) is 0 Å². The molecule has 25 nitrogen and oxygen atoms in total. The van der Waals surface area contributed by atoms with Crippen molar-refractivity contribution in [3.8, 4) is 17.0 Å². The highest BCUT2D eigenvalue weighted by atomic mass is 32.2. The number of urea groups is 2. The third-order valence-electron chi connectivity index (χ3n) is 25.5. The van der Waals surface area contributed by atoms with Gasteiger partial charge in [0.05, 0.1) is 45.1 Å². The molecule has 1 spiro atoms. The number of anilines is 3. The van der Waals surface area contributed by atoms with Crippen LogP contribution in [0.5, 0.6) is 5.75 Å². The maximum absolute atomic E-state index is 13.8. The molecule has 10 amide bonds. The first-order valence-electron chi connectivity index (χ1n) is 43.3. The van der Waals surface area contributed by atoms with Gasteiger partial charge >= 0.3 is 17.8 Å². The lowest BCUT2D eigenvalue weighted by atomic mass is 9.91. The predicted octanol–water partition coefficient (Wildman–Crippen LogP) is 15.6. The van der Waals surface area contributed by atoms with E-state index in [4.69, 9.17) is 4.74 Å². The highest BCUT2D eigenvalue weighted by molar-refractivity contribution is 8.02. The minimum absolute atomic E-state index is 0. The fraction of sp³-hybridized carbons (Fsp3) is 0.484. The smallest absolute Gasteiger partial charge is 0.326 e. The first-order valence-corrected chi connectivity index (χ1v) is 46.0. The van der Waals surface area contributed by atoms with Crippen molar-refractivity contribution in [2.24, 2.45) is 11.3 Å². The normalized spacial score (nSPS) is 21.9. The van der Waals surface area contributed by atoms with Gasteiger partial charge in [-0.3, -0.25) is 43.3 Å². The van der Waals surface area contributed by atoms with Gasteiger partial charge in [0.25, 0.3) is 0 Å². The summed E-state index contributed by atoms with van der Waals surface area (Å²) in [4.78, 5) is 140. The van der Waals surface area contributed by atoms with Crippen LogP contribution in [0.25, 0.3) is 22.2 Å². The van der Waals surface area contributed by atoms with Crippen LogP contribution >= 0.6 is 35.3 Å². The summed E-state index contributed by atoms with van der Waals surface area (Å²) in [5, 5.41) is 12.6. The van der Waals surface area contributed by atoms with Gasteiger partial charge in [-0.1, -0.05) is 151 Å². The van der Waals surface area contributed by atoms with E-state index >= 15 is 0 Å². The molecule has 17 rings (SSSR count). The van der Waals surface area contributed by atoms with Crippen LogP contribution in [0, 0.1) is 11.3 Å². The molecule has 7 saturated heterocycles. The fourth-order valence-corrected chi connectivity index (χ4v) is 22.9. The quantitative estimate of drug-likeness (QED) is 0.0553. The second-order valence-corrected chi connectivity index (χ2v) is 39.1. The summed E-state index contributed by atoms with van der Waals surface area (Å²) in [6, 6.07) is 49.4. The number of aromatic nitrogens is 4. The number of piperidine rings is 4. The van der Waals surface area contributed by atoms with Gasteiger partial charge in [-0.05, 0) is 159 Å². The number of nitrogens with one attached hydrogen (secondary N) is 4. The Morgan fingerprint density at radius 2 is 1.13 bits per heavy atom. The number of imidazole rings is 1. The van der Waals surface area contributed by atoms with Gasteiger partial charge in [-0.25, -0.2) is 14.4 Å². The van der Waals surface area contributed by atoms with Crippen LogP contribution in [0.15, 0.2) is 169 Å². The van der Waals surface area contributed by atoms with Crippen molar-refractivity contribution in [1.82, 2.24) is 58.9 Å². The lowest BCUT2D eigenvalue weighted by Gasteiger charge is -2.44. The summed E-state index contributed by atoms with van der Waals surface area (Å²) in [5.74, 6) is 1.48. The van der Waals surface area contributed by atoms with Crippen LogP contribution < -0.4 is 26.0 Å². The second-order valence-electron chi connectivity index (χ2n) is 34.9. The zero-order chi connectivity index (χ0) is 84.6. The Balaban J connectivity index is 0.000000168. The van der Waals surface area contributed by atoms with E-state index in [2.05, 4.69) is 83.2 Å². The van der Waals surface area contributed by atoms with Crippen LogP contribution in [-0.4, -0.2) is 225 Å². The zero-order valence-corrected chi connectivity index (χ0v) is 73.1. The monoisotopic (exact) mass is 1700 g/mol. The van der Waals surface area contributed by atoms with E-state index in [9.17, 15) is 43.2 Å². The molecule has 646 valence electrons. The second kappa shape index (κ2) is 38.2. The number of hydrogen-bond acceptors (Lipinski definition) is 15. The Morgan fingerprint density at radius 3 is 1.74 bits per heavy atom. The van der Waals surface area contributed by atoms with Gasteiger partial charge in [0, 0.05) is 149 Å². The third kappa shape index (κ3) is 19.9. The molecule has 28 heteroatoms. The van der Waals surface area contributed by atoms with E-state index in [0.29, 0.717) is 77.7 Å². The Bertz CT molecular complexity index is 5070. The van der Waals surface area contributed by atoms with Crippen molar-refractivity contribution >= 4 is 111 Å². The number of amides is 10. The number of ether oxygens (including phenoxy) is 1. The summed E-state index contributed by atoms with van der Waals surface area (Å²) in [7, 11) is 1.64. The number of fused-ring (bicyclic) bond motifs is 3. The molecule has 8 aromatic rings. The Morgan fingerprint density at radius 1 is 0.587 bits per heavy atom. The number of rotatable bonds is 20. The van der Waals surface area contributed by atoms with Crippen molar-refractivity contribution in [2.45, 2.75) is 187 Å². The van der Waals surface area contributed by atoms with E-state index in [1.807, 2.05) is 186 Å². The molecule has 7 fully saturated rings. The number of thioether (sulfide) groups is 3. The molecule has 0 saturated carbocycles. The number of carbonyl (C=O) groups is 8. The summed E-state index contributed by atoms with van der Waals surface area (Å²) < 4.78 is 7.08. The highest BCUT2D eigenvalue weighted by Gasteiger charge is 2.54. The number of likely N-dealkylation sites (tertiary alicyclic amines) is 4. The molecule has 4 N–H and O–H groups in total. The van der Waals surface area contributed by atoms with Gasteiger partial charge in [0.2, 0.25) is 35.4 Å². The number of hydrogen-bond donors (Lipinski definition) is 4. The lowest BCUT2D eigenvalue weighted by Crippen LogP contribution is -2.52. The first kappa shape index (κ1) is 85.9. The average Bonchev–Trinajstić information content (AvgIpc) is 1.67. The topological polar surface area (TPSA) is 265 Å². The minimum Gasteiger partial charge on any atom is -0.497 e. The largest absolute Gasteiger partial charge is 0.497 e. The molecular weight excluding hydrogens is 1580 g/mol. The third-order valence-corrected chi connectivity index (χ3v) is 30.2. The van der Waals surface area contributed by atoms with Gasteiger partial charge < -0.3 is 59.6 Å². The number of aromatic amines is 2. The van der Waals surface area contributed by atoms with Crippen molar-refractivity contribution in [1.29, 1.82) is 0 Å². The average molecular weight is 1710 g/mol. The van der Waals surface area contributed by atoms with Gasteiger partial charge in [0.15, 0.2) is 0 Å². The number of methoxy groups -OCH3 is 1. The number of H-pyrrole nitrogens is 2. The molecule has 11 heterocycles. The molecule has 0 aliphatic carbocycles. The summed E-state index contributed by atoms with van der Waals surface area (Å²) >= 11 is 4.88. The minimum atomic E-state index is -0.477. The van der Waals surface area contributed by atoms with E-state index in [0.717, 1.165) is 146 Å². The maximum Gasteiger partial charge on any atom is 0.326 e.